The van der Waals surface area contributed by atoms with Crippen molar-refractivity contribution < 1.29 is 9.53 Å². The fourth-order valence-electron chi connectivity index (χ4n) is 2.55. The van der Waals surface area contributed by atoms with Gasteiger partial charge in [-0.3, -0.25) is 9.36 Å². The minimum Gasteiger partial charge on any atom is -0.465 e. The van der Waals surface area contributed by atoms with Gasteiger partial charge in [0.1, 0.15) is 0 Å². The first-order valence-electron chi connectivity index (χ1n) is 8.28. The topological polar surface area (TPSA) is 85.0 Å². The molecule has 0 amide bonds. The van der Waals surface area contributed by atoms with Gasteiger partial charge in [-0.1, -0.05) is 30.0 Å². The lowest BCUT2D eigenvalue weighted by molar-refractivity contribution is 0.0601. The fourth-order valence-corrected chi connectivity index (χ4v) is 3.50. The number of aromatic nitrogens is 2. The van der Waals surface area contributed by atoms with Gasteiger partial charge in [-0.15, -0.1) is 0 Å². The van der Waals surface area contributed by atoms with Crippen LogP contribution in [0.25, 0.3) is 16.6 Å². The molecule has 136 valence electrons. The van der Waals surface area contributed by atoms with Crippen molar-refractivity contribution in [1.82, 2.24) is 9.55 Å². The van der Waals surface area contributed by atoms with E-state index in [1.165, 1.54) is 23.4 Å². The Labute approximate surface area is 160 Å². The Kier molecular flexibility index (Phi) is 5.57. The molecule has 27 heavy (non-hydrogen) atoms. The second-order valence-corrected chi connectivity index (χ2v) is 6.92. The molecule has 1 aromatic heterocycles. The molecule has 3 rings (SSSR count). The van der Waals surface area contributed by atoms with E-state index in [4.69, 9.17) is 10.00 Å². The summed E-state index contributed by atoms with van der Waals surface area (Å²) < 4.78 is 6.28. The maximum atomic E-state index is 13.1. The summed E-state index contributed by atoms with van der Waals surface area (Å²) in [5, 5.41) is 9.93. The summed E-state index contributed by atoms with van der Waals surface area (Å²) in [6, 6.07) is 16.1. The monoisotopic (exact) mass is 379 g/mol. The number of methoxy groups -OCH3 is 1. The number of esters is 1. The van der Waals surface area contributed by atoms with E-state index in [-0.39, 0.29) is 11.5 Å². The number of hydrogen-bond donors (Lipinski definition) is 0. The quantitative estimate of drug-likeness (QED) is 0.384. The lowest BCUT2D eigenvalue weighted by Crippen LogP contribution is -2.22. The Hall–Kier alpha value is -3.11. The van der Waals surface area contributed by atoms with E-state index in [0.717, 1.165) is 0 Å². The molecule has 6 nitrogen and oxygen atoms in total. The second kappa shape index (κ2) is 8.06. The van der Waals surface area contributed by atoms with Gasteiger partial charge < -0.3 is 4.74 Å². The number of carbonyl (C=O) groups is 1. The third-order valence-electron chi connectivity index (χ3n) is 3.96. The van der Waals surface area contributed by atoms with Gasteiger partial charge in [0.2, 0.25) is 0 Å². The minimum atomic E-state index is -0.488. The van der Waals surface area contributed by atoms with Crippen LogP contribution in [0, 0.1) is 17.2 Å². The molecule has 2 aromatic carbocycles. The van der Waals surface area contributed by atoms with Gasteiger partial charge in [-0.25, -0.2) is 9.78 Å². The zero-order valence-electron chi connectivity index (χ0n) is 14.9. The summed E-state index contributed by atoms with van der Waals surface area (Å²) in [4.78, 5) is 29.5. The summed E-state index contributed by atoms with van der Waals surface area (Å²) in [5.41, 5.74) is 1.22. The number of para-hydroxylation sites is 1. The van der Waals surface area contributed by atoms with Crippen molar-refractivity contribution in [2.45, 2.75) is 12.1 Å². The molecule has 1 atom stereocenters. The van der Waals surface area contributed by atoms with Crippen LogP contribution in [0.3, 0.4) is 0 Å². The average molecular weight is 379 g/mol. The van der Waals surface area contributed by atoms with Crippen LogP contribution in [0.15, 0.2) is 58.5 Å². The van der Waals surface area contributed by atoms with Gasteiger partial charge in [-0.05, 0) is 37.3 Å². The molecule has 0 spiro atoms. The maximum Gasteiger partial charge on any atom is 0.337 e. The zero-order valence-corrected chi connectivity index (χ0v) is 15.7. The number of thioether (sulfide) groups is 1. The lowest BCUT2D eigenvalue weighted by atomic mass is 10.1. The molecule has 0 unspecified atom stereocenters. The van der Waals surface area contributed by atoms with Gasteiger partial charge in [0.25, 0.3) is 5.56 Å². The standard InChI is InChI=1S/C20H17N3O3S/c1-13(11-21)12-27-20-22-17-10-14(19(25)26-2)8-9-16(17)18(24)23(20)15-6-4-3-5-7-15/h3-10,13H,12H2,1-2H3/t13-/m1/s1. The highest BCUT2D eigenvalue weighted by molar-refractivity contribution is 7.99. The van der Waals surface area contributed by atoms with Crippen molar-refractivity contribution in [1.29, 1.82) is 5.26 Å². The molecule has 7 heteroatoms. The number of fused-ring (bicyclic) bond motifs is 1. The number of rotatable bonds is 5. The number of nitrogens with zero attached hydrogens (tertiary/aromatic N) is 3. The SMILES string of the molecule is COC(=O)c1ccc2c(=O)n(-c3ccccc3)c(SC[C@H](C)C#N)nc2c1. The summed E-state index contributed by atoms with van der Waals surface area (Å²) in [6.45, 7) is 1.81. The van der Waals surface area contributed by atoms with Crippen molar-refractivity contribution in [2.75, 3.05) is 12.9 Å². The van der Waals surface area contributed by atoms with E-state index >= 15 is 0 Å². The Balaban J connectivity index is 2.21. The molecule has 0 saturated carbocycles. The van der Waals surface area contributed by atoms with Crippen LogP contribution in [-0.4, -0.2) is 28.4 Å². The maximum absolute atomic E-state index is 13.1. The molecule has 0 aliphatic heterocycles. The Morgan fingerprint density at radius 1 is 1.30 bits per heavy atom. The number of carbonyl (C=O) groups excluding carboxylic acids is 1. The van der Waals surface area contributed by atoms with E-state index in [0.29, 0.717) is 33.1 Å². The number of nitriles is 1. The third-order valence-corrected chi connectivity index (χ3v) is 5.16. The van der Waals surface area contributed by atoms with Crippen LogP contribution >= 0.6 is 11.8 Å². The Bertz CT molecular complexity index is 1090. The summed E-state index contributed by atoms with van der Waals surface area (Å²) in [6.07, 6.45) is 0. The summed E-state index contributed by atoms with van der Waals surface area (Å²) in [7, 11) is 1.30. The molecule has 0 N–H and O–H groups in total. The zero-order chi connectivity index (χ0) is 19.4. The van der Waals surface area contributed by atoms with Crippen LogP contribution in [0.5, 0.6) is 0 Å². The van der Waals surface area contributed by atoms with Crippen LogP contribution in [0.1, 0.15) is 17.3 Å². The van der Waals surface area contributed by atoms with Crippen LogP contribution in [0.4, 0.5) is 0 Å². The van der Waals surface area contributed by atoms with Crippen molar-refractivity contribution >= 4 is 28.6 Å². The van der Waals surface area contributed by atoms with Crippen molar-refractivity contribution in [3.05, 3.63) is 64.4 Å². The highest BCUT2D eigenvalue weighted by atomic mass is 32.2. The fraction of sp³-hybridized carbons (Fsp3) is 0.200. The largest absolute Gasteiger partial charge is 0.465 e. The van der Waals surface area contributed by atoms with Gasteiger partial charge in [0.05, 0.1) is 41.3 Å². The molecule has 0 fully saturated rings. The molecular weight excluding hydrogens is 362 g/mol. The van der Waals surface area contributed by atoms with E-state index in [1.807, 2.05) is 37.3 Å². The third kappa shape index (κ3) is 3.86. The van der Waals surface area contributed by atoms with E-state index < -0.39 is 5.97 Å². The first kappa shape index (κ1) is 18.7. The van der Waals surface area contributed by atoms with E-state index in [1.54, 1.807) is 18.2 Å². The van der Waals surface area contributed by atoms with Gasteiger partial charge in [0, 0.05) is 5.75 Å². The Morgan fingerprint density at radius 2 is 2.04 bits per heavy atom. The molecule has 0 bridgehead atoms. The highest BCUT2D eigenvalue weighted by Crippen LogP contribution is 2.23. The van der Waals surface area contributed by atoms with Gasteiger partial charge >= 0.3 is 5.97 Å². The molecule has 3 aromatic rings. The highest BCUT2D eigenvalue weighted by Gasteiger charge is 2.16. The van der Waals surface area contributed by atoms with Crippen LogP contribution in [-0.2, 0) is 4.74 Å². The Morgan fingerprint density at radius 3 is 2.70 bits per heavy atom. The van der Waals surface area contributed by atoms with Crippen LogP contribution in [0.2, 0.25) is 0 Å². The lowest BCUT2D eigenvalue weighted by Gasteiger charge is -2.14. The van der Waals surface area contributed by atoms with Crippen molar-refractivity contribution in [3.8, 4) is 11.8 Å². The normalized spacial score (nSPS) is 11.7. The summed E-state index contributed by atoms with van der Waals surface area (Å²) in [5.74, 6) is -0.177. The first-order chi connectivity index (χ1) is 13.0. The molecule has 0 aliphatic rings. The molecular formula is C20H17N3O3S. The average Bonchev–Trinajstić information content (AvgIpc) is 2.71. The van der Waals surface area contributed by atoms with Gasteiger partial charge in [0.15, 0.2) is 5.16 Å². The molecule has 0 radical (unpaired) electrons. The smallest absolute Gasteiger partial charge is 0.337 e. The van der Waals surface area contributed by atoms with Crippen molar-refractivity contribution in [3.63, 3.8) is 0 Å². The predicted molar refractivity (Wildman–Crippen MR) is 104 cm³/mol. The van der Waals surface area contributed by atoms with E-state index in [9.17, 15) is 9.59 Å². The predicted octanol–water partition coefficient (Wildman–Crippen LogP) is 3.42. The molecule has 0 saturated heterocycles. The second-order valence-electron chi connectivity index (χ2n) is 5.94. The first-order valence-corrected chi connectivity index (χ1v) is 9.26. The number of hydrogen-bond acceptors (Lipinski definition) is 6. The molecule has 1 heterocycles. The minimum absolute atomic E-state index is 0.187. The molecule has 0 aliphatic carbocycles. The summed E-state index contributed by atoms with van der Waals surface area (Å²) >= 11 is 1.34. The van der Waals surface area contributed by atoms with Crippen molar-refractivity contribution in [2.24, 2.45) is 5.92 Å². The number of ether oxygens (including phenoxy) is 1. The number of benzene rings is 2. The van der Waals surface area contributed by atoms with Crippen LogP contribution < -0.4 is 5.56 Å². The van der Waals surface area contributed by atoms with E-state index in [2.05, 4.69) is 11.1 Å². The van der Waals surface area contributed by atoms with Gasteiger partial charge in [-0.2, -0.15) is 5.26 Å².